The molecule has 22 heavy (non-hydrogen) atoms. The van der Waals surface area contributed by atoms with Gasteiger partial charge in [0.1, 0.15) is 11.7 Å². The Labute approximate surface area is 132 Å². The van der Waals surface area contributed by atoms with Crippen molar-refractivity contribution >= 4 is 6.09 Å². The van der Waals surface area contributed by atoms with Gasteiger partial charge in [-0.2, -0.15) is 0 Å². The molecule has 1 amide bonds. The second-order valence-electron chi connectivity index (χ2n) is 6.52. The van der Waals surface area contributed by atoms with Crippen molar-refractivity contribution in [1.82, 2.24) is 5.32 Å². The van der Waals surface area contributed by atoms with Crippen LogP contribution in [0.15, 0.2) is 18.2 Å². The lowest BCUT2D eigenvalue weighted by atomic mass is 9.95. The van der Waals surface area contributed by atoms with Crippen LogP contribution in [0.4, 0.5) is 4.79 Å². The molecule has 0 saturated carbocycles. The van der Waals surface area contributed by atoms with E-state index in [4.69, 9.17) is 4.74 Å². The highest BCUT2D eigenvalue weighted by Gasteiger charge is 2.21. The number of hydrogen-bond acceptors (Lipinski definition) is 4. The number of benzene rings is 1. The molecule has 0 saturated heterocycles. The zero-order chi connectivity index (χ0) is 16.9. The Hall–Kier alpha value is -1.59. The van der Waals surface area contributed by atoms with Crippen LogP contribution >= 0.6 is 0 Å². The molecule has 1 rings (SSSR count). The van der Waals surface area contributed by atoms with Gasteiger partial charge < -0.3 is 20.3 Å². The highest BCUT2D eigenvalue weighted by Crippen LogP contribution is 2.24. The molecule has 0 spiro atoms. The summed E-state index contributed by atoms with van der Waals surface area (Å²) in [5.74, 6) is 0. The van der Waals surface area contributed by atoms with Crippen LogP contribution < -0.4 is 5.32 Å². The zero-order valence-electron chi connectivity index (χ0n) is 14.0. The van der Waals surface area contributed by atoms with Gasteiger partial charge in [0.2, 0.25) is 0 Å². The molecule has 5 heteroatoms. The van der Waals surface area contributed by atoms with Crippen molar-refractivity contribution < 1.29 is 19.7 Å². The second kappa shape index (κ2) is 7.61. The van der Waals surface area contributed by atoms with Crippen molar-refractivity contribution in [3.63, 3.8) is 0 Å². The number of rotatable bonds is 5. The summed E-state index contributed by atoms with van der Waals surface area (Å²) < 4.78 is 5.11. The number of amides is 1. The average molecular weight is 309 g/mol. The van der Waals surface area contributed by atoms with Crippen LogP contribution in [0.25, 0.3) is 0 Å². The molecule has 1 aromatic rings. The van der Waals surface area contributed by atoms with E-state index >= 15 is 0 Å². The van der Waals surface area contributed by atoms with E-state index in [1.54, 1.807) is 26.8 Å². The molecule has 0 bridgehead atoms. The maximum Gasteiger partial charge on any atom is 0.407 e. The van der Waals surface area contributed by atoms with E-state index in [2.05, 4.69) is 5.32 Å². The van der Waals surface area contributed by atoms with Crippen molar-refractivity contribution in [3.8, 4) is 0 Å². The van der Waals surface area contributed by atoms with E-state index < -0.39 is 23.9 Å². The molecule has 0 aliphatic rings. The summed E-state index contributed by atoms with van der Waals surface area (Å²) in [5, 5.41) is 22.9. The molecule has 5 nitrogen and oxygen atoms in total. The summed E-state index contributed by atoms with van der Waals surface area (Å²) in [7, 11) is 0. The van der Waals surface area contributed by atoms with E-state index in [1.165, 1.54) is 0 Å². The summed E-state index contributed by atoms with van der Waals surface area (Å²) in [6.45, 7) is 9.46. The Morgan fingerprint density at radius 3 is 2.50 bits per heavy atom. The lowest BCUT2D eigenvalue weighted by molar-refractivity contribution is 0.0119. The SMILES string of the molecule is Cc1cccc(C(O)C(O)CCNC(=O)OC(C)(C)C)c1C. The normalized spacial score (nSPS) is 14.3. The second-order valence-corrected chi connectivity index (χ2v) is 6.52. The maximum atomic E-state index is 11.5. The molecule has 0 fully saturated rings. The monoisotopic (exact) mass is 309 g/mol. The number of hydrogen-bond donors (Lipinski definition) is 3. The average Bonchev–Trinajstić information content (AvgIpc) is 2.39. The third-order valence-electron chi connectivity index (χ3n) is 3.44. The number of alkyl carbamates (subject to hydrolysis) is 1. The van der Waals surface area contributed by atoms with Gasteiger partial charge in [0, 0.05) is 6.54 Å². The minimum atomic E-state index is -0.972. The summed E-state index contributed by atoms with van der Waals surface area (Å²) in [6.07, 6.45) is -2.20. The predicted octanol–water partition coefficient (Wildman–Crippen LogP) is 2.61. The molecule has 0 aromatic heterocycles. The fraction of sp³-hybridized carbons (Fsp3) is 0.588. The third kappa shape index (κ3) is 5.66. The van der Waals surface area contributed by atoms with Crippen LogP contribution in [0.2, 0.25) is 0 Å². The number of aryl methyl sites for hydroxylation is 1. The van der Waals surface area contributed by atoms with Crippen LogP contribution in [0.3, 0.4) is 0 Å². The summed E-state index contributed by atoms with van der Waals surface area (Å²) in [5.41, 5.74) is 2.19. The molecule has 0 radical (unpaired) electrons. The molecule has 0 heterocycles. The number of nitrogens with one attached hydrogen (secondary N) is 1. The molecular formula is C17H27NO4. The summed E-state index contributed by atoms with van der Waals surface area (Å²) >= 11 is 0. The molecule has 124 valence electrons. The van der Waals surface area contributed by atoms with E-state index in [-0.39, 0.29) is 13.0 Å². The van der Waals surface area contributed by atoms with Gasteiger partial charge in [0.25, 0.3) is 0 Å². The first kappa shape index (κ1) is 18.5. The number of carbonyl (C=O) groups is 1. The van der Waals surface area contributed by atoms with Crippen LogP contribution in [-0.2, 0) is 4.74 Å². The lowest BCUT2D eigenvalue weighted by Gasteiger charge is -2.22. The van der Waals surface area contributed by atoms with Crippen LogP contribution in [0.1, 0.15) is 50.0 Å². The molecule has 2 unspecified atom stereocenters. The highest BCUT2D eigenvalue weighted by molar-refractivity contribution is 5.67. The molecule has 2 atom stereocenters. The van der Waals surface area contributed by atoms with Gasteiger partial charge in [-0.3, -0.25) is 0 Å². The summed E-state index contributed by atoms with van der Waals surface area (Å²) in [4.78, 5) is 11.5. The van der Waals surface area contributed by atoms with Gasteiger partial charge in [-0.25, -0.2) is 4.79 Å². The first-order chi connectivity index (χ1) is 10.1. The number of aliphatic hydroxyl groups is 2. The van der Waals surface area contributed by atoms with Crippen LogP contribution in [-0.4, -0.2) is 34.6 Å². The van der Waals surface area contributed by atoms with Crippen molar-refractivity contribution in [1.29, 1.82) is 0 Å². The van der Waals surface area contributed by atoms with Gasteiger partial charge in [0.15, 0.2) is 0 Å². The van der Waals surface area contributed by atoms with Crippen molar-refractivity contribution in [2.75, 3.05) is 6.54 Å². The first-order valence-corrected chi connectivity index (χ1v) is 7.51. The van der Waals surface area contributed by atoms with E-state index in [1.807, 2.05) is 26.0 Å². The number of ether oxygens (including phenoxy) is 1. The smallest absolute Gasteiger partial charge is 0.407 e. The third-order valence-corrected chi connectivity index (χ3v) is 3.44. The molecule has 1 aromatic carbocycles. The van der Waals surface area contributed by atoms with Gasteiger partial charge in [0.05, 0.1) is 6.10 Å². The molecule has 0 aliphatic carbocycles. The first-order valence-electron chi connectivity index (χ1n) is 7.51. The molecular weight excluding hydrogens is 282 g/mol. The Morgan fingerprint density at radius 1 is 1.27 bits per heavy atom. The Balaban J connectivity index is 2.50. The Kier molecular flexibility index (Phi) is 6.38. The van der Waals surface area contributed by atoms with Gasteiger partial charge in [-0.1, -0.05) is 18.2 Å². The number of aliphatic hydroxyl groups excluding tert-OH is 2. The fourth-order valence-corrected chi connectivity index (χ4v) is 2.10. The van der Waals surface area contributed by atoms with Crippen molar-refractivity contribution in [2.45, 2.75) is 58.8 Å². The Morgan fingerprint density at radius 2 is 1.91 bits per heavy atom. The van der Waals surface area contributed by atoms with E-state index in [9.17, 15) is 15.0 Å². The standard InChI is InChI=1S/C17H27NO4/c1-11-7-6-8-13(12(11)2)15(20)14(19)9-10-18-16(21)22-17(3,4)5/h6-8,14-15,19-20H,9-10H2,1-5H3,(H,18,21). The predicted molar refractivity (Wildman–Crippen MR) is 85.7 cm³/mol. The number of carbonyl (C=O) groups excluding carboxylic acids is 1. The molecule has 3 N–H and O–H groups in total. The highest BCUT2D eigenvalue weighted by atomic mass is 16.6. The van der Waals surface area contributed by atoms with Gasteiger partial charge in [-0.05, 0) is 57.7 Å². The minimum Gasteiger partial charge on any atom is -0.444 e. The maximum absolute atomic E-state index is 11.5. The van der Waals surface area contributed by atoms with Gasteiger partial charge >= 0.3 is 6.09 Å². The van der Waals surface area contributed by atoms with Crippen molar-refractivity contribution in [2.24, 2.45) is 0 Å². The largest absolute Gasteiger partial charge is 0.444 e. The minimum absolute atomic E-state index is 0.234. The Bertz CT molecular complexity index is 508. The van der Waals surface area contributed by atoms with E-state index in [0.29, 0.717) is 5.56 Å². The van der Waals surface area contributed by atoms with E-state index in [0.717, 1.165) is 11.1 Å². The zero-order valence-corrected chi connectivity index (χ0v) is 14.0. The van der Waals surface area contributed by atoms with Crippen LogP contribution in [0, 0.1) is 13.8 Å². The van der Waals surface area contributed by atoms with Gasteiger partial charge in [-0.15, -0.1) is 0 Å². The summed E-state index contributed by atoms with van der Waals surface area (Å²) in [6, 6.07) is 5.62. The van der Waals surface area contributed by atoms with Crippen molar-refractivity contribution in [3.05, 3.63) is 34.9 Å². The topological polar surface area (TPSA) is 78.8 Å². The molecule has 0 aliphatic heterocycles. The van der Waals surface area contributed by atoms with Crippen LogP contribution in [0.5, 0.6) is 0 Å². The fourth-order valence-electron chi connectivity index (χ4n) is 2.10. The lowest BCUT2D eigenvalue weighted by Crippen LogP contribution is -2.34. The quantitative estimate of drug-likeness (QED) is 0.781.